The quantitative estimate of drug-likeness (QED) is 0.285. The summed E-state index contributed by atoms with van der Waals surface area (Å²) in [7, 11) is 3.64. The number of hydrogen-bond donors (Lipinski definition) is 0. The molecule has 0 saturated heterocycles. The van der Waals surface area contributed by atoms with Crippen LogP contribution in [0.3, 0.4) is 0 Å². The third-order valence-corrected chi connectivity index (χ3v) is 4.33. The number of aldehydes is 1. The van der Waals surface area contributed by atoms with Crippen LogP contribution >= 0.6 is 0 Å². The van der Waals surface area contributed by atoms with Crippen molar-refractivity contribution in [1.82, 2.24) is 4.90 Å². The number of allylic oxidation sites excluding steroid dienone is 3. The lowest BCUT2D eigenvalue weighted by Crippen LogP contribution is -2.05. The Morgan fingerprint density at radius 2 is 1.89 bits per heavy atom. The summed E-state index contributed by atoms with van der Waals surface area (Å²) < 4.78 is 44.5. The lowest BCUT2D eigenvalue weighted by Gasteiger charge is -2.16. The van der Waals surface area contributed by atoms with Gasteiger partial charge in [-0.1, -0.05) is 17.2 Å². The molecule has 0 heterocycles. The van der Waals surface area contributed by atoms with E-state index < -0.39 is 22.8 Å². The molecule has 0 bridgehead atoms. The molecule has 148 valence electrons. The molecule has 4 nitrogen and oxygen atoms in total. The van der Waals surface area contributed by atoms with Crippen LogP contribution in [0.25, 0.3) is 5.57 Å². The smallest absolute Gasteiger partial charge is 0.168 e. The lowest BCUT2D eigenvalue weighted by molar-refractivity contribution is -0.104. The second-order valence-electron chi connectivity index (χ2n) is 6.27. The number of carbonyl (C=O) groups excluding carboxylic acids is 1. The number of ether oxygens (including phenoxy) is 1. The van der Waals surface area contributed by atoms with Gasteiger partial charge in [0.25, 0.3) is 0 Å². The van der Waals surface area contributed by atoms with E-state index in [2.05, 4.69) is 0 Å². The predicted octanol–water partition coefficient (Wildman–Crippen LogP) is 4.29. The molecule has 1 unspecified atom stereocenters. The summed E-state index contributed by atoms with van der Waals surface area (Å²) in [5.41, 5.74) is 2.02. The normalized spacial score (nSPS) is 12.9. The van der Waals surface area contributed by atoms with E-state index in [1.165, 1.54) is 12.1 Å². The average molecular weight is 405 g/mol. The van der Waals surface area contributed by atoms with Crippen LogP contribution in [-0.2, 0) is 21.7 Å². The predicted molar refractivity (Wildman–Crippen MR) is 108 cm³/mol. The van der Waals surface area contributed by atoms with Gasteiger partial charge in [-0.05, 0) is 36.4 Å². The Kier molecular flexibility index (Phi) is 7.78. The zero-order valence-corrected chi connectivity index (χ0v) is 16.6. The van der Waals surface area contributed by atoms with Crippen LogP contribution in [-0.4, -0.2) is 36.1 Å². The van der Waals surface area contributed by atoms with Crippen LogP contribution in [0.4, 0.5) is 8.78 Å². The van der Waals surface area contributed by atoms with E-state index in [1.807, 2.05) is 14.1 Å². The molecule has 0 amide bonds. The molecule has 0 aliphatic heterocycles. The Labute approximate surface area is 166 Å². The molecule has 2 rings (SSSR count). The van der Waals surface area contributed by atoms with Gasteiger partial charge in [-0.2, -0.15) is 0 Å². The first kappa shape index (κ1) is 21.7. The summed E-state index contributed by atoms with van der Waals surface area (Å²) in [6, 6.07) is 8.21. The third kappa shape index (κ3) is 6.21. The first-order valence-corrected chi connectivity index (χ1v) is 10.1. The van der Waals surface area contributed by atoms with Crippen LogP contribution in [0.5, 0.6) is 11.5 Å². The van der Waals surface area contributed by atoms with Gasteiger partial charge in [0.2, 0.25) is 0 Å². The summed E-state index contributed by atoms with van der Waals surface area (Å²) in [4.78, 5) is 12.6. The Balaban J connectivity index is 2.56. The van der Waals surface area contributed by atoms with Gasteiger partial charge in [-0.15, -0.1) is 0 Å². The molecule has 0 radical (unpaired) electrons. The van der Waals surface area contributed by atoms with Crippen molar-refractivity contribution in [3.05, 3.63) is 77.5 Å². The minimum atomic E-state index is -1.05. The highest BCUT2D eigenvalue weighted by Crippen LogP contribution is 2.34. The minimum Gasteiger partial charge on any atom is -0.616 e. The van der Waals surface area contributed by atoms with Crippen LogP contribution in [0, 0.1) is 11.6 Å². The largest absolute Gasteiger partial charge is 0.616 e. The lowest BCUT2D eigenvalue weighted by atomic mass is 10.0. The molecular formula is C21H21F2NO3S. The van der Waals surface area contributed by atoms with Crippen molar-refractivity contribution in [3.63, 3.8) is 0 Å². The molecule has 2 aromatic rings. The Morgan fingerprint density at radius 1 is 1.18 bits per heavy atom. The van der Waals surface area contributed by atoms with Crippen LogP contribution in [0.15, 0.2) is 54.8 Å². The standard InChI is InChI=1S/C21H21F2NO3S/c1-24(2)13-16(5-4-10-25)18-11-15(14-28(3)26)6-8-20(18)27-21-9-7-17(22)12-19(21)23/h4-13H,14H2,1-3H3/b5-4-,16-13+. The number of benzene rings is 2. The molecule has 0 aliphatic rings. The number of carbonyl (C=O) groups is 1. The summed E-state index contributed by atoms with van der Waals surface area (Å²) in [6.45, 7) is 0. The molecule has 2 aromatic carbocycles. The number of halogens is 2. The van der Waals surface area contributed by atoms with Gasteiger partial charge < -0.3 is 14.2 Å². The van der Waals surface area contributed by atoms with Crippen molar-refractivity contribution < 1.29 is 22.9 Å². The highest BCUT2D eigenvalue weighted by molar-refractivity contribution is 7.89. The molecule has 0 aromatic heterocycles. The Bertz CT molecular complexity index is 895. The first-order valence-electron chi connectivity index (χ1n) is 8.36. The zero-order chi connectivity index (χ0) is 20.7. The second-order valence-corrected chi connectivity index (χ2v) is 7.70. The van der Waals surface area contributed by atoms with E-state index in [9.17, 15) is 18.1 Å². The van der Waals surface area contributed by atoms with Crippen molar-refractivity contribution in [3.8, 4) is 11.5 Å². The summed E-state index contributed by atoms with van der Waals surface area (Å²) in [6.07, 6.45) is 6.95. The van der Waals surface area contributed by atoms with E-state index in [0.717, 1.165) is 17.7 Å². The van der Waals surface area contributed by atoms with Gasteiger partial charge in [0.15, 0.2) is 11.6 Å². The third-order valence-electron chi connectivity index (χ3n) is 3.59. The second kappa shape index (κ2) is 10.1. The van der Waals surface area contributed by atoms with Gasteiger partial charge in [0.05, 0.1) is 6.26 Å². The maximum Gasteiger partial charge on any atom is 0.168 e. The molecular weight excluding hydrogens is 384 g/mol. The molecule has 1 atom stereocenters. The van der Waals surface area contributed by atoms with Crippen LogP contribution in [0.2, 0.25) is 0 Å². The maximum absolute atomic E-state index is 14.0. The fourth-order valence-electron chi connectivity index (χ4n) is 2.52. The van der Waals surface area contributed by atoms with Crippen molar-refractivity contribution in [1.29, 1.82) is 0 Å². The molecule has 0 saturated carbocycles. The molecule has 7 heteroatoms. The Morgan fingerprint density at radius 3 is 2.50 bits per heavy atom. The molecule has 0 N–H and O–H groups in total. The van der Waals surface area contributed by atoms with Gasteiger partial charge in [-0.25, -0.2) is 8.78 Å². The fraction of sp³-hybridized carbons (Fsp3) is 0.190. The van der Waals surface area contributed by atoms with Crippen LogP contribution in [0.1, 0.15) is 11.1 Å². The first-order chi connectivity index (χ1) is 13.3. The van der Waals surface area contributed by atoms with Crippen molar-refractivity contribution >= 4 is 23.0 Å². The topological polar surface area (TPSA) is 52.6 Å². The highest BCUT2D eigenvalue weighted by Gasteiger charge is 2.14. The summed E-state index contributed by atoms with van der Waals surface area (Å²) in [5, 5.41) is 0. The van der Waals surface area contributed by atoms with Gasteiger partial charge in [0, 0.05) is 43.1 Å². The van der Waals surface area contributed by atoms with Crippen molar-refractivity contribution in [2.75, 3.05) is 20.4 Å². The van der Waals surface area contributed by atoms with Gasteiger partial charge in [-0.3, -0.25) is 4.79 Å². The number of rotatable bonds is 8. The van der Waals surface area contributed by atoms with E-state index >= 15 is 0 Å². The van der Waals surface area contributed by atoms with Crippen molar-refractivity contribution in [2.24, 2.45) is 0 Å². The highest BCUT2D eigenvalue weighted by atomic mass is 32.2. The maximum atomic E-state index is 14.0. The molecule has 0 aliphatic carbocycles. The number of nitrogens with zero attached hydrogens (tertiary/aromatic N) is 1. The number of hydrogen-bond acceptors (Lipinski definition) is 4. The molecule has 28 heavy (non-hydrogen) atoms. The van der Waals surface area contributed by atoms with Gasteiger partial charge in [0.1, 0.15) is 23.6 Å². The molecule has 0 spiro atoms. The van der Waals surface area contributed by atoms with Crippen LogP contribution < -0.4 is 4.74 Å². The monoisotopic (exact) mass is 405 g/mol. The summed E-state index contributed by atoms with van der Waals surface area (Å²) in [5.74, 6) is -0.998. The van der Waals surface area contributed by atoms with Gasteiger partial charge >= 0.3 is 0 Å². The van der Waals surface area contributed by atoms with E-state index in [-0.39, 0.29) is 5.75 Å². The zero-order valence-electron chi connectivity index (χ0n) is 15.8. The average Bonchev–Trinajstić information content (AvgIpc) is 2.61. The summed E-state index contributed by atoms with van der Waals surface area (Å²) >= 11 is -1.05. The SMILES string of the molecule is CN(C)/C=C(\C=C/C=O)c1cc(C[S+](C)[O-])ccc1Oc1ccc(F)cc1F. The minimum absolute atomic E-state index is 0.127. The van der Waals surface area contributed by atoms with E-state index in [4.69, 9.17) is 4.74 Å². The molecule has 0 fully saturated rings. The fourth-order valence-corrected chi connectivity index (χ4v) is 3.17. The van der Waals surface area contributed by atoms with E-state index in [1.54, 1.807) is 41.6 Å². The van der Waals surface area contributed by atoms with E-state index in [0.29, 0.717) is 28.9 Å². The van der Waals surface area contributed by atoms with Crippen molar-refractivity contribution in [2.45, 2.75) is 5.75 Å². The Hall–Kier alpha value is -2.64.